The van der Waals surface area contributed by atoms with E-state index in [9.17, 15) is 13.2 Å². The molecule has 1 unspecified atom stereocenters. The van der Waals surface area contributed by atoms with Crippen molar-refractivity contribution in [3.8, 4) is 0 Å². The maximum atomic E-state index is 13.2. The van der Waals surface area contributed by atoms with E-state index < -0.39 is 17.6 Å². The molecule has 0 spiro atoms. The van der Waals surface area contributed by atoms with Crippen molar-refractivity contribution in [3.05, 3.63) is 23.6 Å². The van der Waals surface area contributed by atoms with Gasteiger partial charge in [0.2, 0.25) is 0 Å². The lowest BCUT2D eigenvalue weighted by atomic mass is 10.2. The summed E-state index contributed by atoms with van der Waals surface area (Å²) in [6, 6.07) is 0.450. The maximum Gasteiger partial charge on any atom is 0.251 e. The van der Waals surface area contributed by atoms with Crippen LogP contribution in [-0.2, 0) is 0 Å². The maximum absolute atomic E-state index is 13.2. The molecule has 0 aliphatic carbocycles. The molecule has 0 aromatic carbocycles. The van der Waals surface area contributed by atoms with Crippen molar-refractivity contribution in [2.75, 3.05) is 17.3 Å². The Kier molecular flexibility index (Phi) is 4.92. The Morgan fingerprint density at radius 2 is 2.06 bits per heavy atom. The summed E-state index contributed by atoms with van der Waals surface area (Å²) in [6.07, 6.45) is 2.75. The topological polar surface area (TPSA) is 24.9 Å². The number of thioether (sulfide) groups is 1. The number of hydrogen-bond acceptors (Lipinski definition) is 3. The van der Waals surface area contributed by atoms with Crippen molar-refractivity contribution in [1.82, 2.24) is 4.98 Å². The molecule has 0 saturated carbocycles. The van der Waals surface area contributed by atoms with Crippen molar-refractivity contribution >= 4 is 17.6 Å². The summed E-state index contributed by atoms with van der Waals surface area (Å²) >= 11 is 1.66. The first-order chi connectivity index (χ1) is 7.54. The zero-order valence-electron chi connectivity index (χ0n) is 9.06. The van der Waals surface area contributed by atoms with Crippen LogP contribution < -0.4 is 5.32 Å². The first-order valence-corrected chi connectivity index (χ1v) is 6.21. The van der Waals surface area contributed by atoms with Gasteiger partial charge < -0.3 is 5.32 Å². The average Bonchev–Trinajstić information content (AvgIpc) is 2.23. The molecule has 0 aliphatic rings. The highest BCUT2D eigenvalue weighted by molar-refractivity contribution is 7.98. The molecule has 2 nitrogen and oxygen atoms in total. The Balaban J connectivity index is 2.69. The third-order valence-electron chi connectivity index (χ3n) is 2.02. The van der Waals surface area contributed by atoms with Gasteiger partial charge in [-0.3, -0.25) is 0 Å². The summed E-state index contributed by atoms with van der Waals surface area (Å²) < 4.78 is 38.5. The fourth-order valence-corrected chi connectivity index (χ4v) is 1.73. The van der Waals surface area contributed by atoms with Crippen LogP contribution in [-0.4, -0.2) is 23.0 Å². The fraction of sp³-hybridized carbons (Fsp3) is 0.500. The second-order valence-corrected chi connectivity index (χ2v) is 4.40. The zero-order chi connectivity index (χ0) is 12.1. The lowest BCUT2D eigenvalue weighted by molar-refractivity contribution is 0.465. The monoisotopic (exact) mass is 250 g/mol. The molecule has 1 N–H and O–H groups in total. The molecule has 0 aliphatic heterocycles. The molecule has 0 radical (unpaired) electrons. The van der Waals surface area contributed by atoms with Crippen LogP contribution in [0.1, 0.15) is 13.3 Å². The van der Waals surface area contributed by atoms with E-state index in [1.54, 1.807) is 11.8 Å². The van der Waals surface area contributed by atoms with Gasteiger partial charge in [0.15, 0.2) is 17.5 Å². The standard InChI is InChI=1S/C10H13F3N2S/c1-6(3-4-16-2)14-10-8(12)5-7(11)9(13)15-10/h5-6H,3-4H2,1-2H3,(H,14,15). The van der Waals surface area contributed by atoms with E-state index in [2.05, 4.69) is 10.3 Å². The Bertz CT molecular complexity index is 360. The molecule has 16 heavy (non-hydrogen) atoms. The third-order valence-corrected chi connectivity index (χ3v) is 2.67. The number of halogens is 3. The first kappa shape index (κ1) is 13.2. The van der Waals surface area contributed by atoms with Crippen molar-refractivity contribution < 1.29 is 13.2 Å². The van der Waals surface area contributed by atoms with Gasteiger partial charge in [-0.05, 0) is 25.4 Å². The minimum atomic E-state index is -1.29. The molecular weight excluding hydrogens is 237 g/mol. The van der Waals surface area contributed by atoms with Crippen LogP contribution in [0, 0.1) is 17.6 Å². The number of hydrogen-bond donors (Lipinski definition) is 1. The van der Waals surface area contributed by atoms with Gasteiger partial charge in [-0.2, -0.15) is 21.1 Å². The molecule has 0 fully saturated rings. The van der Waals surface area contributed by atoms with Crippen LogP contribution in [0.15, 0.2) is 6.07 Å². The van der Waals surface area contributed by atoms with Crippen LogP contribution in [0.25, 0.3) is 0 Å². The fourth-order valence-electron chi connectivity index (χ4n) is 1.15. The number of rotatable bonds is 5. The minimum absolute atomic E-state index is 0.0423. The summed E-state index contributed by atoms with van der Waals surface area (Å²) in [6.45, 7) is 1.83. The number of pyridine rings is 1. The van der Waals surface area contributed by atoms with Crippen molar-refractivity contribution in [1.29, 1.82) is 0 Å². The minimum Gasteiger partial charge on any atom is -0.365 e. The van der Waals surface area contributed by atoms with E-state index in [0.717, 1.165) is 12.2 Å². The number of nitrogens with one attached hydrogen (secondary N) is 1. The molecule has 1 aromatic heterocycles. The van der Waals surface area contributed by atoms with E-state index in [1.165, 1.54) is 0 Å². The lowest BCUT2D eigenvalue weighted by Crippen LogP contribution is -2.18. The second kappa shape index (κ2) is 5.98. The Labute approximate surface area is 96.6 Å². The Hall–Kier alpha value is -0.910. The SMILES string of the molecule is CSCCC(C)Nc1nc(F)c(F)cc1F. The highest BCUT2D eigenvalue weighted by atomic mass is 32.2. The normalized spacial score (nSPS) is 12.6. The summed E-state index contributed by atoms with van der Waals surface area (Å²) in [5, 5.41) is 2.71. The molecule has 6 heteroatoms. The number of aromatic nitrogens is 1. The van der Waals surface area contributed by atoms with Crippen LogP contribution in [0.5, 0.6) is 0 Å². The number of anilines is 1. The Morgan fingerprint density at radius 1 is 1.38 bits per heavy atom. The summed E-state index contributed by atoms with van der Waals surface area (Å²) in [5.74, 6) is -2.79. The largest absolute Gasteiger partial charge is 0.365 e. The number of nitrogens with zero attached hydrogens (tertiary/aromatic N) is 1. The van der Waals surface area contributed by atoms with Gasteiger partial charge in [-0.1, -0.05) is 0 Å². The van der Waals surface area contributed by atoms with Crippen molar-refractivity contribution in [2.45, 2.75) is 19.4 Å². The Morgan fingerprint density at radius 3 is 2.69 bits per heavy atom. The highest BCUT2D eigenvalue weighted by Crippen LogP contribution is 2.16. The van der Waals surface area contributed by atoms with Crippen LogP contribution >= 0.6 is 11.8 Å². The average molecular weight is 250 g/mol. The molecular formula is C10H13F3N2S. The van der Waals surface area contributed by atoms with Crippen molar-refractivity contribution in [2.24, 2.45) is 0 Å². The van der Waals surface area contributed by atoms with Gasteiger partial charge in [-0.25, -0.2) is 8.78 Å². The lowest BCUT2D eigenvalue weighted by Gasteiger charge is -2.14. The third kappa shape index (κ3) is 3.59. The van der Waals surface area contributed by atoms with Gasteiger partial charge in [0.1, 0.15) is 0 Å². The first-order valence-electron chi connectivity index (χ1n) is 4.81. The van der Waals surface area contributed by atoms with Gasteiger partial charge in [0.25, 0.3) is 5.95 Å². The van der Waals surface area contributed by atoms with E-state index in [-0.39, 0.29) is 11.9 Å². The smallest absolute Gasteiger partial charge is 0.251 e. The quantitative estimate of drug-likeness (QED) is 0.813. The van der Waals surface area contributed by atoms with E-state index in [4.69, 9.17) is 0 Å². The van der Waals surface area contributed by atoms with Gasteiger partial charge in [-0.15, -0.1) is 0 Å². The second-order valence-electron chi connectivity index (χ2n) is 3.42. The zero-order valence-corrected chi connectivity index (χ0v) is 9.87. The summed E-state index contributed by atoms with van der Waals surface area (Å²) in [4.78, 5) is 3.19. The molecule has 0 amide bonds. The molecule has 90 valence electrons. The van der Waals surface area contributed by atoms with E-state index in [0.29, 0.717) is 6.07 Å². The summed E-state index contributed by atoms with van der Waals surface area (Å²) in [7, 11) is 0. The molecule has 1 rings (SSSR count). The van der Waals surface area contributed by atoms with Crippen LogP contribution in [0.3, 0.4) is 0 Å². The molecule has 1 heterocycles. The van der Waals surface area contributed by atoms with Crippen molar-refractivity contribution in [3.63, 3.8) is 0 Å². The molecule has 1 aromatic rings. The molecule has 0 bridgehead atoms. The molecule has 0 saturated heterocycles. The van der Waals surface area contributed by atoms with Gasteiger partial charge >= 0.3 is 0 Å². The van der Waals surface area contributed by atoms with Crippen LogP contribution in [0.2, 0.25) is 0 Å². The van der Waals surface area contributed by atoms with Crippen LogP contribution in [0.4, 0.5) is 19.0 Å². The predicted octanol–water partition coefficient (Wildman–Crippen LogP) is 3.05. The van der Waals surface area contributed by atoms with Gasteiger partial charge in [0, 0.05) is 12.1 Å². The summed E-state index contributed by atoms with van der Waals surface area (Å²) in [5.41, 5.74) is 0. The highest BCUT2D eigenvalue weighted by Gasteiger charge is 2.13. The van der Waals surface area contributed by atoms with Gasteiger partial charge in [0.05, 0.1) is 0 Å². The predicted molar refractivity (Wildman–Crippen MR) is 60.2 cm³/mol. The van der Waals surface area contributed by atoms with E-state index >= 15 is 0 Å². The molecule has 1 atom stereocenters. The van der Waals surface area contributed by atoms with E-state index in [1.807, 2.05) is 13.2 Å².